The zero-order chi connectivity index (χ0) is 14.0. The molecule has 1 aromatic carbocycles. The van der Waals surface area contributed by atoms with Gasteiger partial charge in [0.15, 0.2) is 5.84 Å². The minimum absolute atomic E-state index is 0.0276. The normalized spacial score (nSPS) is 19.8. The molecule has 1 aromatic rings. The molecule has 1 aliphatic heterocycles. The first-order chi connectivity index (χ1) is 9.06. The maximum absolute atomic E-state index is 13.8. The summed E-state index contributed by atoms with van der Waals surface area (Å²) in [7, 11) is 0. The Morgan fingerprint density at radius 3 is 2.95 bits per heavy atom. The fraction of sp³-hybridized carbons (Fsp3) is 0.333. The van der Waals surface area contributed by atoms with Gasteiger partial charge in [-0.15, -0.1) is 0 Å². The fourth-order valence-electron chi connectivity index (χ4n) is 2.23. The van der Waals surface area contributed by atoms with E-state index >= 15 is 0 Å². The number of benzene rings is 1. The molecule has 19 heavy (non-hydrogen) atoms. The summed E-state index contributed by atoms with van der Waals surface area (Å²) in [4.78, 5) is 13.8. The molecule has 0 aromatic heterocycles. The Labute approximate surface area is 118 Å². The fourth-order valence-corrected chi connectivity index (χ4v) is 2.74. The highest BCUT2D eigenvalue weighted by Gasteiger charge is 2.34. The third-order valence-corrected chi connectivity index (χ3v) is 3.81. The molecule has 1 aliphatic rings. The van der Waals surface area contributed by atoms with E-state index in [9.17, 15) is 9.18 Å². The third-order valence-electron chi connectivity index (χ3n) is 3.15. The van der Waals surface area contributed by atoms with Gasteiger partial charge in [-0.2, -0.15) is 0 Å². The van der Waals surface area contributed by atoms with Crippen molar-refractivity contribution in [3.63, 3.8) is 0 Å². The molecule has 1 atom stereocenters. The Morgan fingerprint density at radius 1 is 1.58 bits per heavy atom. The second-order valence-corrected chi connectivity index (χ2v) is 5.13. The molecule has 7 heteroatoms. The van der Waals surface area contributed by atoms with Crippen LogP contribution in [0, 0.1) is 5.82 Å². The van der Waals surface area contributed by atoms with E-state index in [0.29, 0.717) is 17.4 Å². The average Bonchev–Trinajstić information content (AvgIpc) is 2.86. The van der Waals surface area contributed by atoms with Crippen LogP contribution in [0.4, 0.5) is 4.39 Å². The van der Waals surface area contributed by atoms with Crippen molar-refractivity contribution in [1.82, 2.24) is 4.90 Å². The first-order valence-corrected chi connectivity index (χ1v) is 6.58. The van der Waals surface area contributed by atoms with Crippen LogP contribution in [0.1, 0.15) is 23.2 Å². The zero-order valence-corrected chi connectivity index (χ0v) is 11.6. The molecule has 2 rings (SSSR count). The Balaban J connectivity index is 2.34. The number of rotatable bonds is 2. The monoisotopic (exact) mass is 329 g/mol. The molecular weight excluding hydrogens is 317 g/mol. The molecule has 0 aliphatic carbocycles. The first kappa shape index (κ1) is 13.8. The van der Waals surface area contributed by atoms with Gasteiger partial charge in [0.2, 0.25) is 0 Å². The largest absolute Gasteiger partial charge is 0.409 e. The number of amides is 1. The molecule has 1 amide bonds. The Bertz CT molecular complexity index is 515. The van der Waals surface area contributed by atoms with Crippen molar-refractivity contribution in [2.45, 2.75) is 18.9 Å². The number of amidine groups is 1. The SMILES string of the molecule is N/C(=N/O)C1CCCN1C(=O)c1c(F)cccc1Br. The van der Waals surface area contributed by atoms with Gasteiger partial charge < -0.3 is 15.8 Å². The van der Waals surface area contributed by atoms with E-state index in [0.717, 1.165) is 6.42 Å². The van der Waals surface area contributed by atoms with Crippen LogP contribution in [0.15, 0.2) is 27.8 Å². The van der Waals surface area contributed by atoms with Crippen molar-refractivity contribution in [2.24, 2.45) is 10.9 Å². The van der Waals surface area contributed by atoms with Crippen LogP contribution < -0.4 is 5.73 Å². The van der Waals surface area contributed by atoms with Gasteiger partial charge in [-0.05, 0) is 40.9 Å². The molecule has 0 bridgehead atoms. The van der Waals surface area contributed by atoms with Crippen LogP contribution in [0.2, 0.25) is 0 Å². The van der Waals surface area contributed by atoms with E-state index in [1.165, 1.54) is 17.0 Å². The lowest BCUT2D eigenvalue weighted by Crippen LogP contribution is -2.44. The minimum Gasteiger partial charge on any atom is -0.409 e. The predicted octanol–water partition coefficient (Wildman–Crippen LogP) is 1.94. The summed E-state index contributed by atoms with van der Waals surface area (Å²) in [5.41, 5.74) is 5.53. The number of hydrogen-bond donors (Lipinski definition) is 2. The van der Waals surface area contributed by atoms with E-state index < -0.39 is 17.8 Å². The van der Waals surface area contributed by atoms with Crippen LogP contribution >= 0.6 is 15.9 Å². The van der Waals surface area contributed by atoms with Gasteiger partial charge in [-0.1, -0.05) is 11.2 Å². The van der Waals surface area contributed by atoms with Crippen molar-refractivity contribution in [3.05, 3.63) is 34.1 Å². The smallest absolute Gasteiger partial charge is 0.258 e. The topological polar surface area (TPSA) is 78.9 Å². The summed E-state index contributed by atoms with van der Waals surface area (Å²) in [5, 5.41) is 11.7. The molecule has 3 N–H and O–H groups in total. The summed E-state index contributed by atoms with van der Waals surface area (Å²) < 4.78 is 14.2. The number of carbonyl (C=O) groups is 1. The molecule has 1 heterocycles. The maximum atomic E-state index is 13.8. The van der Waals surface area contributed by atoms with Crippen LogP contribution in [0.3, 0.4) is 0 Å². The van der Waals surface area contributed by atoms with E-state index in [-0.39, 0.29) is 11.4 Å². The second kappa shape index (κ2) is 5.56. The molecule has 5 nitrogen and oxygen atoms in total. The lowest BCUT2D eigenvalue weighted by atomic mass is 10.1. The van der Waals surface area contributed by atoms with Crippen molar-refractivity contribution in [3.8, 4) is 0 Å². The van der Waals surface area contributed by atoms with Gasteiger partial charge in [0.25, 0.3) is 5.91 Å². The van der Waals surface area contributed by atoms with E-state index in [1.54, 1.807) is 6.07 Å². The quantitative estimate of drug-likeness (QED) is 0.376. The van der Waals surface area contributed by atoms with Gasteiger partial charge in [0, 0.05) is 11.0 Å². The highest BCUT2D eigenvalue weighted by molar-refractivity contribution is 9.10. The van der Waals surface area contributed by atoms with Gasteiger partial charge in [0.1, 0.15) is 5.82 Å². The van der Waals surface area contributed by atoms with Crippen molar-refractivity contribution in [2.75, 3.05) is 6.54 Å². The van der Waals surface area contributed by atoms with E-state index in [1.807, 2.05) is 0 Å². The number of nitrogens with zero attached hydrogens (tertiary/aromatic N) is 2. The molecule has 0 radical (unpaired) electrons. The van der Waals surface area contributed by atoms with Crippen LogP contribution in [0.5, 0.6) is 0 Å². The lowest BCUT2D eigenvalue weighted by Gasteiger charge is -2.24. The maximum Gasteiger partial charge on any atom is 0.258 e. The van der Waals surface area contributed by atoms with Crippen molar-refractivity contribution < 1.29 is 14.4 Å². The summed E-state index contributed by atoms with van der Waals surface area (Å²) in [6.45, 7) is 0.459. The van der Waals surface area contributed by atoms with Crippen LogP contribution in [-0.2, 0) is 0 Å². The van der Waals surface area contributed by atoms with E-state index in [4.69, 9.17) is 10.9 Å². The molecule has 1 unspecified atom stereocenters. The highest BCUT2D eigenvalue weighted by atomic mass is 79.9. The van der Waals surface area contributed by atoms with Gasteiger partial charge in [0.05, 0.1) is 11.6 Å². The summed E-state index contributed by atoms with van der Waals surface area (Å²) >= 11 is 3.17. The lowest BCUT2D eigenvalue weighted by molar-refractivity contribution is 0.0762. The molecule has 0 spiro atoms. The Hall–Kier alpha value is -1.63. The van der Waals surface area contributed by atoms with Gasteiger partial charge >= 0.3 is 0 Å². The molecule has 1 saturated heterocycles. The summed E-state index contributed by atoms with van der Waals surface area (Å²) in [6.07, 6.45) is 1.34. The zero-order valence-electron chi connectivity index (χ0n) is 10.0. The number of nitrogens with two attached hydrogens (primary N) is 1. The standard InChI is InChI=1S/C12H13BrFN3O2/c13-7-3-1-4-8(14)10(7)12(18)17-6-2-5-9(17)11(15)16-19/h1,3-4,9,19H,2,5-6H2,(H2,15,16). The Kier molecular flexibility index (Phi) is 4.04. The number of likely N-dealkylation sites (tertiary alicyclic amines) is 1. The number of hydrogen-bond acceptors (Lipinski definition) is 3. The molecular formula is C12H13BrFN3O2. The van der Waals surface area contributed by atoms with Gasteiger partial charge in [-0.25, -0.2) is 4.39 Å². The summed E-state index contributed by atoms with van der Waals surface area (Å²) in [6, 6.07) is 3.86. The molecule has 1 fully saturated rings. The Morgan fingerprint density at radius 2 is 2.32 bits per heavy atom. The van der Waals surface area contributed by atoms with Crippen LogP contribution in [0.25, 0.3) is 0 Å². The predicted molar refractivity (Wildman–Crippen MR) is 71.6 cm³/mol. The second-order valence-electron chi connectivity index (χ2n) is 4.28. The molecule has 0 saturated carbocycles. The van der Waals surface area contributed by atoms with Crippen molar-refractivity contribution in [1.29, 1.82) is 0 Å². The highest BCUT2D eigenvalue weighted by Crippen LogP contribution is 2.26. The average molecular weight is 330 g/mol. The third kappa shape index (κ3) is 2.56. The molecule has 102 valence electrons. The van der Waals surface area contributed by atoms with Gasteiger partial charge in [-0.3, -0.25) is 4.79 Å². The first-order valence-electron chi connectivity index (χ1n) is 5.78. The van der Waals surface area contributed by atoms with E-state index in [2.05, 4.69) is 21.1 Å². The number of carbonyl (C=O) groups excluding carboxylic acids is 1. The minimum atomic E-state index is -0.593. The number of halogens is 2. The summed E-state index contributed by atoms with van der Waals surface area (Å²) in [5.74, 6) is -1.08. The number of oxime groups is 1. The van der Waals surface area contributed by atoms with Crippen molar-refractivity contribution >= 4 is 27.7 Å². The van der Waals surface area contributed by atoms with Crippen LogP contribution in [-0.4, -0.2) is 34.4 Å².